The normalized spacial score (nSPS) is 19.3. The molecule has 2 aromatic rings. The summed E-state index contributed by atoms with van der Waals surface area (Å²) < 4.78 is 0. The lowest BCUT2D eigenvalue weighted by atomic mass is 9.96. The molecule has 1 fully saturated rings. The minimum atomic E-state index is -0.685. The number of amides is 2. The van der Waals surface area contributed by atoms with E-state index in [1.807, 2.05) is 18.2 Å². The molecular formula is C23H28ClN3O3. The lowest BCUT2D eigenvalue weighted by Crippen LogP contribution is -2.49. The Morgan fingerprint density at radius 1 is 1.27 bits per heavy atom. The second-order valence-electron chi connectivity index (χ2n) is 7.93. The van der Waals surface area contributed by atoms with Crippen LogP contribution in [0.4, 0.5) is 0 Å². The molecule has 0 radical (unpaired) electrons. The third kappa shape index (κ3) is 5.74. The van der Waals surface area contributed by atoms with Crippen LogP contribution in [0.3, 0.4) is 0 Å². The molecule has 7 heteroatoms. The SMILES string of the molecule is Cc1cc(Cl)cc(CNC(=O)[C@H](C)NC(=O)[C@H]2C[C@H](Cc3ccccc3)CN2)c1O. The second kappa shape index (κ2) is 9.96. The molecule has 4 N–H and O–H groups in total. The first-order valence-corrected chi connectivity index (χ1v) is 10.5. The van der Waals surface area contributed by atoms with E-state index in [2.05, 4.69) is 28.1 Å². The van der Waals surface area contributed by atoms with Crippen LogP contribution < -0.4 is 16.0 Å². The van der Waals surface area contributed by atoms with Crippen LogP contribution in [0.1, 0.15) is 30.0 Å². The summed E-state index contributed by atoms with van der Waals surface area (Å²) >= 11 is 6.02. The summed E-state index contributed by atoms with van der Waals surface area (Å²) in [5, 5.41) is 19.4. The van der Waals surface area contributed by atoms with Gasteiger partial charge in [-0.25, -0.2) is 0 Å². The molecule has 1 aliphatic rings. The van der Waals surface area contributed by atoms with E-state index in [1.165, 1.54) is 5.56 Å². The molecule has 0 unspecified atom stereocenters. The van der Waals surface area contributed by atoms with Crippen LogP contribution in [-0.4, -0.2) is 35.5 Å². The zero-order chi connectivity index (χ0) is 21.7. The molecule has 2 aromatic carbocycles. The number of hydrogen-bond acceptors (Lipinski definition) is 4. The molecule has 0 spiro atoms. The molecular weight excluding hydrogens is 402 g/mol. The fourth-order valence-corrected chi connectivity index (χ4v) is 4.06. The van der Waals surface area contributed by atoms with E-state index >= 15 is 0 Å². The molecule has 1 saturated heterocycles. The monoisotopic (exact) mass is 429 g/mol. The fraction of sp³-hybridized carbons (Fsp3) is 0.391. The van der Waals surface area contributed by atoms with Gasteiger partial charge in [0.15, 0.2) is 0 Å². The largest absolute Gasteiger partial charge is 0.507 e. The van der Waals surface area contributed by atoms with E-state index in [-0.39, 0.29) is 30.2 Å². The van der Waals surface area contributed by atoms with Crippen molar-refractivity contribution in [3.05, 3.63) is 64.2 Å². The quantitative estimate of drug-likeness (QED) is 0.544. The van der Waals surface area contributed by atoms with Gasteiger partial charge in [0.25, 0.3) is 0 Å². The summed E-state index contributed by atoms with van der Waals surface area (Å²) in [5.41, 5.74) is 2.44. The van der Waals surface area contributed by atoms with Gasteiger partial charge in [0, 0.05) is 17.1 Å². The van der Waals surface area contributed by atoms with Crippen molar-refractivity contribution in [1.29, 1.82) is 0 Å². The van der Waals surface area contributed by atoms with Crippen molar-refractivity contribution in [1.82, 2.24) is 16.0 Å². The maximum absolute atomic E-state index is 12.6. The summed E-state index contributed by atoms with van der Waals surface area (Å²) in [6.45, 7) is 4.30. The molecule has 3 atom stereocenters. The van der Waals surface area contributed by atoms with Gasteiger partial charge in [-0.1, -0.05) is 41.9 Å². The van der Waals surface area contributed by atoms with Gasteiger partial charge >= 0.3 is 0 Å². The Kier molecular flexibility index (Phi) is 7.34. The first-order valence-electron chi connectivity index (χ1n) is 10.2. The van der Waals surface area contributed by atoms with Crippen LogP contribution in [0, 0.1) is 12.8 Å². The van der Waals surface area contributed by atoms with Crippen molar-refractivity contribution in [2.24, 2.45) is 5.92 Å². The van der Waals surface area contributed by atoms with Crippen LogP contribution in [0.2, 0.25) is 5.02 Å². The van der Waals surface area contributed by atoms with E-state index in [9.17, 15) is 14.7 Å². The molecule has 0 aliphatic carbocycles. The van der Waals surface area contributed by atoms with Crippen molar-refractivity contribution in [3.8, 4) is 5.75 Å². The highest BCUT2D eigenvalue weighted by molar-refractivity contribution is 6.30. The van der Waals surface area contributed by atoms with Gasteiger partial charge in [0.1, 0.15) is 11.8 Å². The summed E-state index contributed by atoms with van der Waals surface area (Å²) in [5.74, 6) is 0.00574. The molecule has 0 saturated carbocycles. The zero-order valence-electron chi connectivity index (χ0n) is 17.2. The second-order valence-corrected chi connectivity index (χ2v) is 8.37. The Balaban J connectivity index is 1.46. The maximum Gasteiger partial charge on any atom is 0.242 e. The number of carbonyl (C=O) groups excluding carboxylic acids is 2. The summed E-state index contributed by atoms with van der Waals surface area (Å²) in [6.07, 6.45) is 1.67. The third-order valence-corrected chi connectivity index (χ3v) is 5.67. The lowest BCUT2D eigenvalue weighted by molar-refractivity contribution is -0.129. The highest BCUT2D eigenvalue weighted by Crippen LogP contribution is 2.26. The molecule has 1 aliphatic heterocycles. The molecule has 30 heavy (non-hydrogen) atoms. The van der Waals surface area contributed by atoms with Gasteiger partial charge in [0.05, 0.1) is 6.04 Å². The molecule has 2 amide bonds. The topological polar surface area (TPSA) is 90.5 Å². The summed E-state index contributed by atoms with van der Waals surface area (Å²) in [7, 11) is 0. The number of halogens is 1. The van der Waals surface area contributed by atoms with Crippen LogP contribution in [-0.2, 0) is 22.6 Å². The number of carbonyl (C=O) groups is 2. The van der Waals surface area contributed by atoms with Gasteiger partial charge in [-0.15, -0.1) is 0 Å². The van der Waals surface area contributed by atoms with E-state index in [1.54, 1.807) is 26.0 Å². The van der Waals surface area contributed by atoms with Gasteiger partial charge < -0.3 is 21.1 Å². The standard InChI is InChI=1S/C23H28ClN3O3/c1-14-8-19(24)11-18(21(14)28)13-26-22(29)15(2)27-23(30)20-10-17(12-25-20)9-16-6-4-3-5-7-16/h3-8,11,15,17,20,25,28H,9-10,12-13H2,1-2H3,(H,26,29)(H,27,30)/t15-,17-,20+/m0/s1. The number of hydrogen-bond donors (Lipinski definition) is 4. The number of phenols is 1. The average Bonchev–Trinajstić information content (AvgIpc) is 3.18. The Morgan fingerprint density at radius 3 is 2.73 bits per heavy atom. The van der Waals surface area contributed by atoms with Crippen molar-refractivity contribution in [2.75, 3.05) is 6.54 Å². The fourth-order valence-electron chi connectivity index (χ4n) is 3.77. The molecule has 1 heterocycles. The van der Waals surface area contributed by atoms with E-state index < -0.39 is 6.04 Å². The summed E-state index contributed by atoms with van der Waals surface area (Å²) in [6, 6.07) is 12.5. The zero-order valence-corrected chi connectivity index (χ0v) is 18.0. The minimum Gasteiger partial charge on any atom is -0.507 e. The van der Waals surface area contributed by atoms with Gasteiger partial charge in [-0.2, -0.15) is 0 Å². The van der Waals surface area contributed by atoms with E-state index in [4.69, 9.17) is 11.6 Å². The predicted octanol–water partition coefficient (Wildman–Crippen LogP) is 2.70. The van der Waals surface area contributed by atoms with Crippen molar-refractivity contribution < 1.29 is 14.7 Å². The number of phenolic OH excluding ortho intramolecular Hbond substituents is 1. The van der Waals surface area contributed by atoms with E-state index in [0.717, 1.165) is 19.4 Å². The lowest BCUT2D eigenvalue weighted by Gasteiger charge is -2.18. The Morgan fingerprint density at radius 2 is 2.00 bits per heavy atom. The minimum absolute atomic E-state index is 0.107. The Labute approximate surface area is 182 Å². The molecule has 0 bridgehead atoms. The average molecular weight is 430 g/mol. The molecule has 3 rings (SSSR count). The van der Waals surface area contributed by atoms with Gasteiger partial charge in [0.2, 0.25) is 11.8 Å². The maximum atomic E-state index is 12.6. The van der Waals surface area contributed by atoms with Crippen LogP contribution in [0.25, 0.3) is 0 Å². The van der Waals surface area contributed by atoms with E-state index in [0.29, 0.717) is 22.1 Å². The highest BCUT2D eigenvalue weighted by Gasteiger charge is 2.30. The van der Waals surface area contributed by atoms with Crippen LogP contribution >= 0.6 is 11.6 Å². The Bertz CT molecular complexity index is 904. The first kappa shape index (κ1) is 22.1. The Hall–Kier alpha value is -2.57. The van der Waals surface area contributed by atoms with Crippen molar-refractivity contribution >= 4 is 23.4 Å². The van der Waals surface area contributed by atoms with Gasteiger partial charge in [-0.05, 0) is 62.4 Å². The number of rotatable bonds is 7. The molecule has 0 aromatic heterocycles. The number of benzene rings is 2. The first-order chi connectivity index (χ1) is 14.3. The molecule has 6 nitrogen and oxygen atoms in total. The number of aromatic hydroxyl groups is 1. The summed E-state index contributed by atoms with van der Waals surface area (Å²) in [4.78, 5) is 25.0. The third-order valence-electron chi connectivity index (χ3n) is 5.45. The number of nitrogens with one attached hydrogen (secondary N) is 3. The van der Waals surface area contributed by atoms with Crippen molar-refractivity contribution in [2.45, 2.75) is 45.3 Å². The molecule has 160 valence electrons. The predicted molar refractivity (Wildman–Crippen MR) is 117 cm³/mol. The van der Waals surface area contributed by atoms with Gasteiger partial charge in [-0.3, -0.25) is 9.59 Å². The van der Waals surface area contributed by atoms with Crippen LogP contribution in [0.5, 0.6) is 5.75 Å². The number of aryl methyl sites for hydroxylation is 1. The van der Waals surface area contributed by atoms with Crippen molar-refractivity contribution in [3.63, 3.8) is 0 Å². The van der Waals surface area contributed by atoms with Crippen LogP contribution in [0.15, 0.2) is 42.5 Å². The highest BCUT2D eigenvalue weighted by atomic mass is 35.5. The smallest absolute Gasteiger partial charge is 0.242 e.